The van der Waals surface area contributed by atoms with Crippen LogP contribution in [0.2, 0.25) is 0 Å². The molecule has 18 nitrogen and oxygen atoms in total. The van der Waals surface area contributed by atoms with Crippen molar-refractivity contribution in [1.29, 1.82) is 0 Å². The van der Waals surface area contributed by atoms with E-state index in [9.17, 15) is 39.6 Å². The zero-order chi connectivity index (χ0) is 53.1. The van der Waals surface area contributed by atoms with Crippen LogP contribution in [0.3, 0.4) is 0 Å². The Labute approximate surface area is 413 Å². The molecule has 18 atom stereocenters. The third-order valence-electron chi connectivity index (χ3n) is 14.3. The van der Waals surface area contributed by atoms with Gasteiger partial charge in [-0.1, -0.05) is 64.1 Å². The Bertz CT molecular complexity index is 1900. The molecule has 0 aliphatic carbocycles. The van der Waals surface area contributed by atoms with Gasteiger partial charge >= 0.3 is 17.9 Å². The number of cyclic esters (lactones) is 1. The van der Waals surface area contributed by atoms with E-state index in [1.54, 1.807) is 109 Å². The molecule has 3 saturated heterocycles. The summed E-state index contributed by atoms with van der Waals surface area (Å²) in [6.45, 7) is 17.1. The number of likely N-dealkylation sites (N-methyl/N-ethyl adjacent to an activating group) is 1. The van der Waals surface area contributed by atoms with Gasteiger partial charge < -0.3 is 68.7 Å². The number of esters is 1. The lowest BCUT2D eigenvalue weighted by Crippen LogP contribution is -2.61. The molecule has 2 aromatic carbocycles. The van der Waals surface area contributed by atoms with Crippen molar-refractivity contribution >= 4 is 23.7 Å². The highest BCUT2D eigenvalue weighted by Gasteiger charge is 2.54. The van der Waals surface area contributed by atoms with E-state index in [-0.39, 0.29) is 37.2 Å². The molecule has 5 rings (SSSR count). The van der Waals surface area contributed by atoms with E-state index in [1.807, 2.05) is 32.8 Å². The number of ketones is 1. The molecule has 0 saturated carbocycles. The van der Waals surface area contributed by atoms with Crippen molar-refractivity contribution in [3.63, 3.8) is 0 Å². The fourth-order valence-corrected chi connectivity index (χ4v) is 9.75. The van der Waals surface area contributed by atoms with Crippen LogP contribution in [0.15, 0.2) is 60.7 Å². The standard InChI is InChI=1S/C38H69NO13.2C7H6O2/c1-15-26-38(10,45)31(42)21(4)28(40)19(2)17-37(9,47-14)33(52-35-29(41)25(39(11)12)16-20(3)48-35)22(5)30(23(6)34(44)50-26)51-27-18-36(8,46-13)32(43)24(7)49-27;2*8-7(9)6-4-2-1-3-5-6/h19-27,29-33,35,41-43,45H,15-18H2,1-14H3;2*1-5H,(H,8,9)/t19-,20-,21+,22+,23-,24+,25+,26-,27+,29-,30+,31-,32+,33-,35+,36-,37-,38-;;/m1../s1. The number of benzene rings is 2. The smallest absolute Gasteiger partial charge is 0.335 e. The van der Waals surface area contributed by atoms with Crippen LogP contribution in [0.25, 0.3) is 0 Å². The second kappa shape index (κ2) is 26.2. The van der Waals surface area contributed by atoms with Gasteiger partial charge in [0.25, 0.3) is 0 Å². The van der Waals surface area contributed by atoms with Gasteiger partial charge in [-0.3, -0.25) is 9.59 Å². The minimum atomic E-state index is -1.96. The molecule has 0 amide bonds. The lowest BCUT2D eigenvalue weighted by molar-refractivity contribution is -0.319. The molecule has 3 aliphatic rings. The third kappa shape index (κ3) is 15.1. The molecule has 70 heavy (non-hydrogen) atoms. The van der Waals surface area contributed by atoms with E-state index in [2.05, 4.69) is 0 Å². The van der Waals surface area contributed by atoms with Crippen molar-refractivity contribution in [2.24, 2.45) is 23.7 Å². The number of nitrogens with zero attached hydrogens (tertiary/aromatic N) is 1. The summed E-state index contributed by atoms with van der Waals surface area (Å²) < 4.78 is 43.9. The fraction of sp³-hybridized carbons (Fsp3) is 0.692. The SMILES string of the molecule is CC[C@H]1OC(=O)[C@H](C)[C@@H](O[C@H]2C[C@@](C)(OC)[C@@H](O)[C@H](C)O2)[C@H](C)[C@@H](O[C@@H]2O[C@H](C)C[C@H](N(C)C)[C@H]2O)[C@](C)(OC)C[C@@H](C)C(=O)[C@H](C)[C@@H](O)[C@]1(C)O.O=C(O)c1ccccc1.O=C(O)c1ccccc1. The van der Waals surface area contributed by atoms with E-state index in [0.717, 1.165) is 0 Å². The van der Waals surface area contributed by atoms with Crippen molar-refractivity contribution in [2.45, 2.75) is 179 Å². The molecule has 396 valence electrons. The minimum absolute atomic E-state index is 0.111. The molecule has 18 heteroatoms. The van der Waals surface area contributed by atoms with Gasteiger partial charge in [0.15, 0.2) is 12.6 Å². The van der Waals surface area contributed by atoms with Gasteiger partial charge in [0.2, 0.25) is 0 Å². The summed E-state index contributed by atoms with van der Waals surface area (Å²) in [4.78, 5) is 50.5. The van der Waals surface area contributed by atoms with Crippen LogP contribution in [-0.2, 0) is 42.7 Å². The lowest BCUT2D eigenvalue weighted by atomic mass is 9.74. The summed E-state index contributed by atoms with van der Waals surface area (Å²) in [5, 5.41) is 62.3. The molecular weight excluding hydrogens is 911 g/mol. The number of aliphatic hydroxyl groups is 4. The van der Waals surface area contributed by atoms with E-state index < -0.39 is 114 Å². The summed E-state index contributed by atoms with van der Waals surface area (Å²) >= 11 is 0. The molecule has 0 aromatic heterocycles. The quantitative estimate of drug-likeness (QED) is 0.167. The Morgan fingerprint density at radius 2 is 1.26 bits per heavy atom. The summed E-state index contributed by atoms with van der Waals surface area (Å²) in [5.41, 5.74) is -3.58. The molecule has 0 unspecified atom stereocenters. The first-order chi connectivity index (χ1) is 32.6. The van der Waals surface area contributed by atoms with Gasteiger partial charge in [0.1, 0.15) is 29.7 Å². The number of aliphatic hydroxyl groups excluding tert-OH is 3. The largest absolute Gasteiger partial charge is 0.478 e. The topological polar surface area (TPSA) is 258 Å². The monoisotopic (exact) mass is 992 g/mol. The molecule has 0 spiro atoms. The van der Waals surface area contributed by atoms with Crippen molar-refractivity contribution < 1.29 is 83.0 Å². The zero-order valence-corrected chi connectivity index (χ0v) is 43.4. The summed E-state index contributed by atoms with van der Waals surface area (Å²) in [6, 6.07) is 16.3. The maximum atomic E-state index is 14.2. The second-order valence-corrected chi connectivity index (χ2v) is 20.0. The number of carbonyl (C=O) groups excluding carboxylic acids is 2. The van der Waals surface area contributed by atoms with Crippen LogP contribution in [0.5, 0.6) is 0 Å². The van der Waals surface area contributed by atoms with Gasteiger partial charge in [-0.25, -0.2) is 9.59 Å². The first-order valence-corrected chi connectivity index (χ1v) is 24.1. The second-order valence-electron chi connectivity index (χ2n) is 20.0. The number of carboxylic acids is 2. The van der Waals surface area contributed by atoms with Gasteiger partial charge in [-0.15, -0.1) is 0 Å². The van der Waals surface area contributed by atoms with Gasteiger partial charge in [-0.05, 0) is 99.2 Å². The third-order valence-corrected chi connectivity index (χ3v) is 14.3. The predicted octanol–water partition coefficient (Wildman–Crippen LogP) is 5.21. The molecule has 3 fully saturated rings. The number of Topliss-reactive ketones (excluding diaryl/α,β-unsaturated/α-hetero) is 1. The van der Waals surface area contributed by atoms with Crippen molar-refractivity contribution in [2.75, 3.05) is 28.3 Å². The highest BCUT2D eigenvalue weighted by Crippen LogP contribution is 2.42. The predicted molar refractivity (Wildman–Crippen MR) is 258 cm³/mol. The number of carboxylic acid groups (broad SMARTS) is 2. The Morgan fingerprint density at radius 1 is 0.743 bits per heavy atom. The van der Waals surface area contributed by atoms with Crippen LogP contribution in [-0.4, -0.2) is 172 Å². The van der Waals surface area contributed by atoms with Crippen molar-refractivity contribution in [3.8, 4) is 0 Å². The number of hydrogen-bond donors (Lipinski definition) is 6. The highest BCUT2D eigenvalue weighted by molar-refractivity contribution is 5.87. The van der Waals surface area contributed by atoms with Gasteiger partial charge in [-0.2, -0.15) is 0 Å². The summed E-state index contributed by atoms with van der Waals surface area (Å²) in [7, 11) is 6.77. The summed E-state index contributed by atoms with van der Waals surface area (Å²) in [6.07, 6.45) is -8.73. The number of ether oxygens (including phenoxy) is 7. The van der Waals surface area contributed by atoms with E-state index in [4.69, 9.17) is 43.4 Å². The maximum Gasteiger partial charge on any atom is 0.335 e. The molecule has 6 N–H and O–H groups in total. The average Bonchev–Trinajstić information content (AvgIpc) is 3.33. The van der Waals surface area contributed by atoms with E-state index >= 15 is 0 Å². The van der Waals surface area contributed by atoms with E-state index in [1.165, 1.54) is 21.1 Å². The highest BCUT2D eigenvalue weighted by atomic mass is 16.7. The molecule has 3 heterocycles. The molecular formula is C52H81NO17. The van der Waals surface area contributed by atoms with Gasteiger partial charge in [0, 0.05) is 44.4 Å². The number of rotatable bonds is 10. The maximum absolute atomic E-state index is 14.2. The zero-order valence-electron chi connectivity index (χ0n) is 43.4. The molecule has 0 bridgehead atoms. The van der Waals surface area contributed by atoms with Crippen LogP contribution in [0.1, 0.15) is 116 Å². The first kappa shape index (κ1) is 60.4. The van der Waals surface area contributed by atoms with Crippen LogP contribution < -0.4 is 0 Å². The molecule has 0 radical (unpaired) electrons. The van der Waals surface area contributed by atoms with Crippen LogP contribution >= 0.6 is 0 Å². The Kier molecular flexibility index (Phi) is 22.6. The number of hydrogen-bond acceptors (Lipinski definition) is 16. The van der Waals surface area contributed by atoms with Crippen LogP contribution in [0, 0.1) is 23.7 Å². The van der Waals surface area contributed by atoms with E-state index in [0.29, 0.717) is 17.5 Å². The molecule has 3 aliphatic heterocycles. The van der Waals surface area contributed by atoms with Gasteiger partial charge in [0.05, 0.1) is 58.8 Å². The summed E-state index contributed by atoms with van der Waals surface area (Å²) in [5.74, 6) is -6.23. The van der Waals surface area contributed by atoms with Crippen molar-refractivity contribution in [1.82, 2.24) is 4.90 Å². The van der Waals surface area contributed by atoms with Crippen molar-refractivity contribution in [3.05, 3.63) is 71.8 Å². The minimum Gasteiger partial charge on any atom is -0.478 e. The number of methoxy groups -OCH3 is 2. The average molecular weight is 992 g/mol. The normalized spacial score (nSPS) is 38.7. The Morgan fingerprint density at radius 3 is 1.70 bits per heavy atom. The Balaban J connectivity index is 0.000000593. The fourth-order valence-electron chi connectivity index (χ4n) is 9.75. The number of carbonyl (C=O) groups is 4. The molecule has 2 aromatic rings. The number of aromatic carboxylic acids is 2. The Hall–Kier alpha value is -3.92. The first-order valence-electron chi connectivity index (χ1n) is 24.1. The van der Waals surface area contributed by atoms with Crippen LogP contribution in [0.4, 0.5) is 0 Å². The lowest BCUT2D eigenvalue weighted by Gasteiger charge is -2.50.